The van der Waals surface area contributed by atoms with Gasteiger partial charge in [0.05, 0.1) is 11.0 Å². The second-order valence-corrected chi connectivity index (χ2v) is 11.6. The molecule has 0 bridgehead atoms. The van der Waals surface area contributed by atoms with Crippen LogP contribution in [0.5, 0.6) is 0 Å². The molecule has 3 heterocycles. The molecule has 9 nitrogen and oxygen atoms in total. The molecular formula is C32H37N3O6. The molecule has 1 amide bonds. The highest BCUT2D eigenvalue weighted by Crippen LogP contribution is 2.29. The van der Waals surface area contributed by atoms with Gasteiger partial charge in [-0.05, 0) is 99.4 Å². The first-order valence-corrected chi connectivity index (χ1v) is 14.1. The molecule has 2 aromatic carbocycles. The number of ether oxygens (including phenoxy) is 1. The van der Waals surface area contributed by atoms with Crippen LogP contribution in [0.4, 0.5) is 4.79 Å². The molecule has 0 saturated carbocycles. The van der Waals surface area contributed by atoms with E-state index in [1.165, 1.54) is 33.1 Å². The molecule has 4 aromatic rings. The van der Waals surface area contributed by atoms with Crippen molar-refractivity contribution < 1.29 is 18.4 Å². The minimum Gasteiger partial charge on any atom is -0.444 e. The van der Waals surface area contributed by atoms with E-state index >= 15 is 0 Å². The molecule has 2 aromatic heterocycles. The van der Waals surface area contributed by atoms with Gasteiger partial charge in [0, 0.05) is 27.2 Å². The van der Waals surface area contributed by atoms with Crippen LogP contribution in [0.2, 0.25) is 0 Å². The number of carbonyl (C=O) groups is 1. The summed E-state index contributed by atoms with van der Waals surface area (Å²) in [4.78, 5) is 37.0. The standard InChI is InChI=1S/C18H22N2O4.C14H15NO2/c1-18(2,3)24-17(22)20-9-5-6-13(11-20)12-7-8-14-15(10-12)23-16(21)19(14)4;1-15-12-8-7-11(9-13(12)17-14(15)16)10-5-3-2-4-6-10/h6-8,10H,5,9,11H2,1-4H3;5,7-9H,2-4,6H2,1H3. The number of benzene rings is 2. The zero-order valence-corrected chi connectivity index (χ0v) is 24.4. The first-order chi connectivity index (χ1) is 19.5. The van der Waals surface area contributed by atoms with Crippen molar-refractivity contribution in [3.05, 3.63) is 80.8 Å². The van der Waals surface area contributed by atoms with Gasteiger partial charge in [-0.25, -0.2) is 14.4 Å². The van der Waals surface area contributed by atoms with Crippen molar-refractivity contribution in [1.82, 2.24) is 14.0 Å². The smallest absolute Gasteiger partial charge is 0.419 e. The molecule has 1 aliphatic carbocycles. The summed E-state index contributed by atoms with van der Waals surface area (Å²) in [6, 6.07) is 11.7. The van der Waals surface area contributed by atoms with Crippen LogP contribution in [-0.4, -0.2) is 38.8 Å². The predicted molar refractivity (Wildman–Crippen MR) is 160 cm³/mol. The average Bonchev–Trinajstić information content (AvgIpc) is 3.41. The first kappa shape index (κ1) is 28.3. The highest BCUT2D eigenvalue weighted by molar-refractivity contribution is 5.82. The SMILES string of the molecule is Cn1c(=O)oc2cc(C3=CCCCC3)ccc21.Cn1c(=O)oc2cc(C3=CCCN(C(=O)OC(C)(C)C)C3)ccc21. The zero-order valence-electron chi connectivity index (χ0n) is 24.4. The van der Waals surface area contributed by atoms with E-state index in [2.05, 4.69) is 18.2 Å². The molecule has 1 aliphatic heterocycles. The van der Waals surface area contributed by atoms with Gasteiger partial charge in [0.15, 0.2) is 11.2 Å². The number of nitrogens with zero attached hydrogens (tertiary/aromatic N) is 3. The van der Waals surface area contributed by atoms with Crippen molar-refractivity contribution in [2.24, 2.45) is 14.1 Å². The third-order valence-electron chi connectivity index (χ3n) is 7.42. The van der Waals surface area contributed by atoms with Gasteiger partial charge in [0.1, 0.15) is 5.60 Å². The number of hydrogen-bond acceptors (Lipinski definition) is 6. The Balaban J connectivity index is 0.000000174. The third kappa shape index (κ3) is 6.24. The summed E-state index contributed by atoms with van der Waals surface area (Å²) < 4.78 is 18.9. The molecule has 0 spiro atoms. The van der Waals surface area contributed by atoms with Crippen LogP contribution in [0.1, 0.15) is 64.0 Å². The highest BCUT2D eigenvalue weighted by Gasteiger charge is 2.25. The highest BCUT2D eigenvalue weighted by atomic mass is 16.6. The topological polar surface area (TPSA) is 99.8 Å². The number of carbonyl (C=O) groups excluding carboxylic acids is 1. The van der Waals surface area contributed by atoms with E-state index in [4.69, 9.17) is 13.6 Å². The second kappa shape index (κ2) is 11.3. The molecule has 2 aliphatic rings. The van der Waals surface area contributed by atoms with Crippen LogP contribution in [-0.2, 0) is 18.8 Å². The van der Waals surface area contributed by atoms with E-state index in [1.807, 2.05) is 51.1 Å². The largest absolute Gasteiger partial charge is 0.444 e. The maximum Gasteiger partial charge on any atom is 0.419 e. The van der Waals surface area contributed by atoms with Gasteiger partial charge in [-0.2, -0.15) is 0 Å². The van der Waals surface area contributed by atoms with Crippen LogP contribution in [0.25, 0.3) is 33.3 Å². The number of aromatic nitrogens is 2. The fraction of sp³-hybridized carbons (Fsp3) is 0.406. The number of allylic oxidation sites excluding steroid dienone is 2. The van der Waals surface area contributed by atoms with Gasteiger partial charge in [-0.3, -0.25) is 9.13 Å². The monoisotopic (exact) mass is 559 g/mol. The summed E-state index contributed by atoms with van der Waals surface area (Å²) in [5, 5.41) is 0. The Bertz CT molecular complexity index is 1770. The second-order valence-electron chi connectivity index (χ2n) is 11.6. The lowest BCUT2D eigenvalue weighted by atomic mass is 9.94. The van der Waals surface area contributed by atoms with Crippen molar-refractivity contribution in [1.29, 1.82) is 0 Å². The molecule has 0 atom stereocenters. The molecule has 0 saturated heterocycles. The van der Waals surface area contributed by atoms with E-state index in [0.717, 1.165) is 41.4 Å². The Labute approximate surface area is 238 Å². The molecule has 0 unspecified atom stereocenters. The Morgan fingerprint density at radius 2 is 1.37 bits per heavy atom. The summed E-state index contributed by atoms with van der Waals surface area (Å²) in [5.74, 6) is -0.676. The van der Waals surface area contributed by atoms with Crippen molar-refractivity contribution in [2.75, 3.05) is 13.1 Å². The summed E-state index contributed by atoms with van der Waals surface area (Å²) >= 11 is 0. The molecule has 0 radical (unpaired) electrons. The van der Waals surface area contributed by atoms with E-state index in [-0.39, 0.29) is 17.6 Å². The van der Waals surface area contributed by atoms with Gasteiger partial charge < -0.3 is 18.5 Å². The third-order valence-corrected chi connectivity index (χ3v) is 7.42. The summed E-state index contributed by atoms with van der Waals surface area (Å²) in [5.41, 5.74) is 6.88. The van der Waals surface area contributed by atoms with Crippen LogP contribution in [0, 0.1) is 0 Å². The predicted octanol–water partition coefficient (Wildman–Crippen LogP) is 6.24. The van der Waals surface area contributed by atoms with E-state index < -0.39 is 5.60 Å². The quantitative estimate of drug-likeness (QED) is 0.288. The number of oxazole rings is 2. The van der Waals surface area contributed by atoms with Gasteiger partial charge in [-0.1, -0.05) is 24.3 Å². The fourth-order valence-electron chi connectivity index (χ4n) is 5.20. The van der Waals surface area contributed by atoms with Gasteiger partial charge >= 0.3 is 17.6 Å². The van der Waals surface area contributed by atoms with Crippen LogP contribution >= 0.6 is 0 Å². The van der Waals surface area contributed by atoms with Crippen molar-refractivity contribution in [2.45, 2.75) is 58.5 Å². The lowest BCUT2D eigenvalue weighted by Gasteiger charge is -2.30. The van der Waals surface area contributed by atoms with E-state index in [9.17, 15) is 14.4 Å². The Morgan fingerprint density at radius 1 is 0.805 bits per heavy atom. The number of hydrogen-bond donors (Lipinski definition) is 0. The summed E-state index contributed by atoms with van der Waals surface area (Å²) in [6.45, 7) is 6.70. The fourth-order valence-corrected chi connectivity index (χ4v) is 5.20. The lowest BCUT2D eigenvalue weighted by molar-refractivity contribution is 0.0273. The number of rotatable bonds is 2. The Hall–Kier alpha value is -4.27. The minimum atomic E-state index is -0.509. The minimum absolute atomic E-state index is 0.297. The van der Waals surface area contributed by atoms with E-state index in [0.29, 0.717) is 24.3 Å². The Morgan fingerprint density at radius 3 is 1.90 bits per heavy atom. The van der Waals surface area contributed by atoms with Gasteiger partial charge in [0.2, 0.25) is 0 Å². The van der Waals surface area contributed by atoms with Crippen LogP contribution < -0.4 is 11.5 Å². The maximum atomic E-state index is 12.3. The molecule has 0 N–H and O–H groups in total. The maximum absolute atomic E-state index is 12.3. The normalized spacial score (nSPS) is 15.8. The van der Waals surface area contributed by atoms with E-state index in [1.54, 1.807) is 19.0 Å². The molecule has 0 fully saturated rings. The van der Waals surface area contributed by atoms with Crippen molar-refractivity contribution in [3.63, 3.8) is 0 Å². The summed E-state index contributed by atoms with van der Waals surface area (Å²) in [6.07, 6.45) is 9.70. The van der Waals surface area contributed by atoms with Crippen LogP contribution in [0.15, 0.2) is 67.0 Å². The van der Waals surface area contributed by atoms with Gasteiger partial charge in [-0.15, -0.1) is 0 Å². The Kier molecular flexibility index (Phi) is 7.80. The molecule has 41 heavy (non-hydrogen) atoms. The van der Waals surface area contributed by atoms with Crippen molar-refractivity contribution in [3.8, 4) is 0 Å². The molecule has 9 heteroatoms. The van der Waals surface area contributed by atoms with Gasteiger partial charge in [0.25, 0.3) is 0 Å². The number of aryl methyl sites for hydroxylation is 2. The molecular weight excluding hydrogens is 522 g/mol. The lowest BCUT2D eigenvalue weighted by Crippen LogP contribution is -2.39. The number of amides is 1. The summed E-state index contributed by atoms with van der Waals surface area (Å²) in [7, 11) is 3.41. The molecule has 6 rings (SSSR count). The van der Waals surface area contributed by atoms with Crippen molar-refractivity contribution >= 4 is 39.4 Å². The average molecular weight is 560 g/mol. The zero-order chi connectivity index (χ0) is 29.3. The van der Waals surface area contributed by atoms with Crippen LogP contribution in [0.3, 0.4) is 0 Å². The molecule has 216 valence electrons. The number of fused-ring (bicyclic) bond motifs is 2. The first-order valence-electron chi connectivity index (χ1n) is 14.1.